The number of amides is 1. The monoisotopic (exact) mass is 449 g/mol. The number of nitrogens with one attached hydrogen (secondary N) is 2. The summed E-state index contributed by atoms with van der Waals surface area (Å²) < 4.78 is 26.1. The number of aryl methyl sites for hydroxylation is 1. The summed E-state index contributed by atoms with van der Waals surface area (Å²) >= 11 is 7.63. The van der Waals surface area contributed by atoms with E-state index in [9.17, 15) is 13.2 Å². The molecule has 29 heavy (non-hydrogen) atoms. The number of hydrogen-bond donors (Lipinski definition) is 2. The van der Waals surface area contributed by atoms with Gasteiger partial charge in [0.2, 0.25) is 10.0 Å². The second kappa shape index (κ2) is 9.04. The fourth-order valence-electron chi connectivity index (χ4n) is 2.61. The van der Waals surface area contributed by atoms with Gasteiger partial charge in [-0.15, -0.1) is 11.3 Å². The molecule has 1 heterocycles. The second-order valence-electron chi connectivity index (χ2n) is 6.37. The minimum Gasteiger partial charge on any atom is -0.352 e. The van der Waals surface area contributed by atoms with Gasteiger partial charge in [0.15, 0.2) is 0 Å². The Morgan fingerprint density at radius 2 is 1.90 bits per heavy atom. The van der Waals surface area contributed by atoms with Crippen molar-refractivity contribution in [2.24, 2.45) is 0 Å². The lowest BCUT2D eigenvalue weighted by Crippen LogP contribution is -2.26. The van der Waals surface area contributed by atoms with Gasteiger partial charge in [0.05, 0.1) is 21.2 Å². The van der Waals surface area contributed by atoms with Crippen molar-refractivity contribution in [3.63, 3.8) is 0 Å². The van der Waals surface area contributed by atoms with E-state index >= 15 is 0 Å². The first-order valence-corrected chi connectivity index (χ1v) is 11.6. The van der Waals surface area contributed by atoms with E-state index in [1.807, 2.05) is 36.6 Å². The van der Waals surface area contributed by atoms with E-state index in [4.69, 9.17) is 11.6 Å². The SMILES string of the molecule is CNS(=O)(=O)c1ccc(Cl)c(C(=O)NCCc2csc(-c3ccc(C)cc3)n2)c1. The van der Waals surface area contributed by atoms with Crippen LogP contribution in [0.3, 0.4) is 0 Å². The summed E-state index contributed by atoms with van der Waals surface area (Å²) in [5.41, 5.74) is 3.24. The minimum absolute atomic E-state index is 0.0169. The third-order valence-electron chi connectivity index (χ3n) is 4.28. The Labute approximate surface area is 179 Å². The Balaban J connectivity index is 1.63. The molecular formula is C20H20ClN3O3S2. The van der Waals surface area contributed by atoms with Crippen LogP contribution >= 0.6 is 22.9 Å². The number of halogens is 1. The molecule has 0 radical (unpaired) electrons. The summed E-state index contributed by atoms with van der Waals surface area (Å²) in [6, 6.07) is 12.2. The molecule has 0 aliphatic heterocycles. The average molecular weight is 450 g/mol. The Morgan fingerprint density at radius 3 is 2.59 bits per heavy atom. The molecule has 3 rings (SSSR count). The first kappa shape index (κ1) is 21.4. The number of thiazole rings is 1. The van der Waals surface area contributed by atoms with Crippen LogP contribution in [0.2, 0.25) is 5.02 Å². The van der Waals surface area contributed by atoms with Gasteiger partial charge in [-0.05, 0) is 32.2 Å². The van der Waals surface area contributed by atoms with E-state index in [1.54, 1.807) is 11.3 Å². The number of nitrogens with zero attached hydrogens (tertiary/aromatic N) is 1. The summed E-state index contributed by atoms with van der Waals surface area (Å²) in [7, 11) is -2.35. The lowest BCUT2D eigenvalue weighted by Gasteiger charge is -2.09. The molecule has 0 saturated heterocycles. The van der Waals surface area contributed by atoms with Crippen LogP contribution in [-0.2, 0) is 16.4 Å². The summed E-state index contributed by atoms with van der Waals surface area (Å²) in [5.74, 6) is -0.433. The molecule has 6 nitrogen and oxygen atoms in total. The van der Waals surface area contributed by atoms with Gasteiger partial charge in [-0.25, -0.2) is 18.1 Å². The number of rotatable bonds is 7. The fourth-order valence-corrected chi connectivity index (χ4v) is 4.43. The Bertz CT molecular complexity index is 1130. The number of carbonyl (C=O) groups excluding carboxylic acids is 1. The van der Waals surface area contributed by atoms with Crippen molar-refractivity contribution in [2.75, 3.05) is 13.6 Å². The van der Waals surface area contributed by atoms with E-state index in [2.05, 4.69) is 15.0 Å². The molecule has 0 aliphatic carbocycles. The molecule has 0 aliphatic rings. The zero-order valence-electron chi connectivity index (χ0n) is 15.9. The van der Waals surface area contributed by atoms with Crippen molar-refractivity contribution in [1.82, 2.24) is 15.0 Å². The van der Waals surface area contributed by atoms with E-state index in [1.165, 1.54) is 30.8 Å². The molecular weight excluding hydrogens is 430 g/mol. The quantitative estimate of drug-likeness (QED) is 0.576. The standard InChI is InChI=1S/C20H20ClN3O3S2/c1-13-3-5-14(6-4-13)20-24-15(12-28-20)9-10-23-19(25)17-11-16(7-8-18(17)21)29(26,27)22-2/h3-8,11-12,22H,9-10H2,1-2H3,(H,23,25). The number of aromatic nitrogens is 1. The highest BCUT2D eigenvalue weighted by Crippen LogP contribution is 2.24. The maximum Gasteiger partial charge on any atom is 0.252 e. The summed E-state index contributed by atoms with van der Waals surface area (Å²) in [6.45, 7) is 2.39. The van der Waals surface area contributed by atoms with Crippen molar-refractivity contribution in [3.05, 3.63) is 69.7 Å². The largest absolute Gasteiger partial charge is 0.352 e. The van der Waals surface area contributed by atoms with Crippen LogP contribution in [0.25, 0.3) is 10.6 Å². The first-order valence-electron chi connectivity index (χ1n) is 8.83. The molecule has 0 saturated carbocycles. The molecule has 0 fully saturated rings. The van der Waals surface area contributed by atoms with Crippen LogP contribution in [-0.4, -0.2) is 32.9 Å². The van der Waals surface area contributed by atoms with Gasteiger partial charge in [-0.1, -0.05) is 41.4 Å². The zero-order valence-corrected chi connectivity index (χ0v) is 18.3. The van der Waals surface area contributed by atoms with Gasteiger partial charge in [0.25, 0.3) is 5.91 Å². The lowest BCUT2D eigenvalue weighted by molar-refractivity contribution is 0.0954. The maximum absolute atomic E-state index is 12.5. The molecule has 0 spiro atoms. The third-order valence-corrected chi connectivity index (χ3v) is 6.96. The molecule has 1 amide bonds. The molecule has 2 aromatic carbocycles. The van der Waals surface area contributed by atoms with Gasteiger partial charge in [0.1, 0.15) is 5.01 Å². The molecule has 1 aromatic heterocycles. The van der Waals surface area contributed by atoms with E-state index in [0.29, 0.717) is 13.0 Å². The van der Waals surface area contributed by atoms with Crippen LogP contribution in [0.4, 0.5) is 0 Å². The molecule has 0 unspecified atom stereocenters. The third kappa shape index (κ3) is 5.22. The summed E-state index contributed by atoms with van der Waals surface area (Å²) in [6.07, 6.45) is 0.556. The first-order chi connectivity index (χ1) is 13.8. The molecule has 9 heteroatoms. The molecule has 0 atom stereocenters. The smallest absolute Gasteiger partial charge is 0.252 e. The topological polar surface area (TPSA) is 88.2 Å². The maximum atomic E-state index is 12.5. The van der Waals surface area contributed by atoms with Crippen molar-refractivity contribution < 1.29 is 13.2 Å². The average Bonchev–Trinajstić information content (AvgIpc) is 3.17. The van der Waals surface area contributed by atoms with Crippen LogP contribution in [0.15, 0.2) is 52.7 Å². The van der Waals surface area contributed by atoms with Gasteiger partial charge < -0.3 is 5.32 Å². The Morgan fingerprint density at radius 1 is 1.17 bits per heavy atom. The van der Waals surface area contributed by atoms with Crippen molar-refractivity contribution >= 4 is 38.9 Å². The highest BCUT2D eigenvalue weighted by atomic mass is 35.5. The van der Waals surface area contributed by atoms with Gasteiger partial charge in [0, 0.05) is 23.9 Å². The Kier molecular flexibility index (Phi) is 6.69. The fraction of sp³-hybridized carbons (Fsp3) is 0.200. The van der Waals surface area contributed by atoms with Crippen molar-refractivity contribution in [3.8, 4) is 10.6 Å². The number of carbonyl (C=O) groups is 1. The van der Waals surface area contributed by atoms with Crippen molar-refractivity contribution in [2.45, 2.75) is 18.2 Å². The lowest BCUT2D eigenvalue weighted by atomic mass is 10.2. The molecule has 2 N–H and O–H groups in total. The zero-order chi connectivity index (χ0) is 21.0. The van der Waals surface area contributed by atoms with E-state index < -0.39 is 15.9 Å². The molecule has 3 aromatic rings. The minimum atomic E-state index is -3.66. The highest BCUT2D eigenvalue weighted by Gasteiger charge is 2.17. The van der Waals surface area contributed by atoms with Crippen LogP contribution in [0.1, 0.15) is 21.6 Å². The van der Waals surface area contributed by atoms with Crippen LogP contribution in [0, 0.1) is 6.92 Å². The normalized spacial score (nSPS) is 11.4. The summed E-state index contributed by atoms with van der Waals surface area (Å²) in [4.78, 5) is 17.0. The number of hydrogen-bond acceptors (Lipinski definition) is 5. The van der Waals surface area contributed by atoms with Crippen molar-refractivity contribution in [1.29, 1.82) is 0 Å². The second-order valence-corrected chi connectivity index (χ2v) is 9.52. The molecule has 152 valence electrons. The predicted molar refractivity (Wildman–Crippen MR) is 116 cm³/mol. The number of benzene rings is 2. The summed E-state index contributed by atoms with van der Waals surface area (Å²) in [5, 5.41) is 5.85. The van der Waals surface area contributed by atoms with Gasteiger partial charge >= 0.3 is 0 Å². The number of sulfonamides is 1. The van der Waals surface area contributed by atoms with E-state index in [0.717, 1.165) is 16.3 Å². The highest BCUT2D eigenvalue weighted by molar-refractivity contribution is 7.89. The molecule has 0 bridgehead atoms. The van der Waals surface area contributed by atoms with Gasteiger partial charge in [-0.3, -0.25) is 4.79 Å². The Hall–Kier alpha value is -2.26. The van der Waals surface area contributed by atoms with Crippen LogP contribution < -0.4 is 10.0 Å². The van der Waals surface area contributed by atoms with E-state index in [-0.39, 0.29) is 15.5 Å². The van der Waals surface area contributed by atoms with Gasteiger partial charge in [-0.2, -0.15) is 0 Å². The van der Waals surface area contributed by atoms with Crippen LogP contribution in [0.5, 0.6) is 0 Å². The predicted octanol–water partition coefficient (Wildman–Crippen LogP) is 3.65.